The Bertz CT molecular complexity index is 1330. The quantitative estimate of drug-likeness (QED) is 0.357. The zero-order chi connectivity index (χ0) is 23.9. The minimum absolute atomic E-state index is 0.509. The fourth-order valence-corrected chi connectivity index (χ4v) is 5.28. The highest BCUT2D eigenvalue weighted by atomic mass is 15.3. The predicted molar refractivity (Wildman–Crippen MR) is 146 cm³/mol. The third-order valence-corrected chi connectivity index (χ3v) is 7.51. The van der Waals surface area contributed by atoms with Crippen molar-refractivity contribution < 1.29 is 0 Å². The zero-order valence-electron chi connectivity index (χ0n) is 20.6. The molecule has 0 spiro atoms. The number of nitrogen functional groups attached to an aromatic ring is 1. The summed E-state index contributed by atoms with van der Waals surface area (Å²) in [5.41, 5.74) is 14.2. The Labute approximate surface area is 207 Å². The van der Waals surface area contributed by atoms with Crippen LogP contribution < -0.4 is 15.5 Å². The van der Waals surface area contributed by atoms with Crippen molar-refractivity contribution in [1.29, 1.82) is 0 Å². The molecule has 0 amide bonds. The Hall–Kier alpha value is -3.60. The number of benzene rings is 2. The van der Waals surface area contributed by atoms with Crippen molar-refractivity contribution in [1.82, 2.24) is 9.97 Å². The van der Waals surface area contributed by atoms with Crippen LogP contribution in [0.3, 0.4) is 0 Å². The van der Waals surface area contributed by atoms with Gasteiger partial charge in [-0.2, -0.15) is 0 Å². The standard InChI is InChI=1S/C30H33N5/c1-20(2)23-10-13-28(32-18-23)35-16-14-34(15-17-35)27-19-33-30-25(21-8-11-24(31)12-9-21)4-3-5-26(30)29(27)22-6-7-22/h3-5,8-13,18-20,22H,6-7,14-17,31H2,1-2H3. The van der Waals surface area contributed by atoms with E-state index in [4.69, 9.17) is 15.7 Å². The Morgan fingerprint density at radius 3 is 2.23 bits per heavy atom. The number of pyridine rings is 2. The number of nitrogens with zero attached hydrogens (tertiary/aromatic N) is 4. The molecule has 0 unspecified atom stereocenters. The van der Waals surface area contributed by atoms with Gasteiger partial charge in [-0.05, 0) is 59.6 Å². The number of hydrogen-bond donors (Lipinski definition) is 1. The van der Waals surface area contributed by atoms with E-state index in [9.17, 15) is 0 Å². The lowest BCUT2D eigenvalue weighted by molar-refractivity contribution is 0.644. The van der Waals surface area contributed by atoms with Gasteiger partial charge in [0.25, 0.3) is 0 Å². The van der Waals surface area contributed by atoms with Gasteiger partial charge < -0.3 is 15.5 Å². The molecule has 3 heterocycles. The van der Waals surface area contributed by atoms with Gasteiger partial charge in [0, 0.05) is 49.0 Å². The second kappa shape index (κ2) is 8.88. The predicted octanol–water partition coefficient (Wildman–Crippen LogP) is 6.21. The van der Waals surface area contributed by atoms with Gasteiger partial charge in [-0.15, -0.1) is 0 Å². The van der Waals surface area contributed by atoms with Crippen LogP contribution in [0.5, 0.6) is 0 Å². The van der Waals surface area contributed by atoms with E-state index in [0.717, 1.165) is 48.8 Å². The van der Waals surface area contributed by atoms with Gasteiger partial charge in [0.05, 0.1) is 17.4 Å². The van der Waals surface area contributed by atoms with Gasteiger partial charge >= 0.3 is 0 Å². The number of rotatable bonds is 5. The summed E-state index contributed by atoms with van der Waals surface area (Å²) in [6.07, 6.45) is 6.69. The van der Waals surface area contributed by atoms with Gasteiger partial charge in [-0.3, -0.25) is 4.98 Å². The molecule has 6 rings (SSSR count). The van der Waals surface area contributed by atoms with E-state index in [1.807, 2.05) is 18.3 Å². The van der Waals surface area contributed by atoms with E-state index in [-0.39, 0.29) is 0 Å². The Balaban J connectivity index is 1.29. The molecular formula is C30H33N5. The second-order valence-electron chi connectivity index (χ2n) is 10.2. The molecule has 2 N–H and O–H groups in total. The maximum absolute atomic E-state index is 5.93. The molecule has 5 nitrogen and oxygen atoms in total. The van der Waals surface area contributed by atoms with Crippen LogP contribution in [-0.2, 0) is 0 Å². The SMILES string of the molecule is CC(C)c1ccc(N2CCN(c3cnc4c(-c5ccc(N)cc5)cccc4c3C3CC3)CC2)nc1. The summed E-state index contributed by atoms with van der Waals surface area (Å²) in [6.45, 7) is 8.34. The van der Waals surface area contributed by atoms with Crippen molar-refractivity contribution in [2.75, 3.05) is 41.7 Å². The monoisotopic (exact) mass is 463 g/mol. The largest absolute Gasteiger partial charge is 0.399 e. The average molecular weight is 464 g/mol. The molecule has 2 fully saturated rings. The molecule has 35 heavy (non-hydrogen) atoms. The van der Waals surface area contributed by atoms with Crippen molar-refractivity contribution in [3.63, 3.8) is 0 Å². The first kappa shape index (κ1) is 21.9. The van der Waals surface area contributed by atoms with Crippen LogP contribution in [0.4, 0.5) is 17.2 Å². The molecule has 2 aliphatic rings. The molecular weight excluding hydrogens is 430 g/mol. The fourth-order valence-electron chi connectivity index (χ4n) is 5.28. The molecule has 0 radical (unpaired) electrons. The van der Waals surface area contributed by atoms with Crippen LogP contribution in [0.25, 0.3) is 22.0 Å². The maximum atomic E-state index is 5.93. The number of para-hydroxylation sites is 1. The van der Waals surface area contributed by atoms with E-state index in [1.165, 1.54) is 40.6 Å². The van der Waals surface area contributed by atoms with Crippen molar-refractivity contribution in [3.8, 4) is 11.1 Å². The number of nitrogens with two attached hydrogens (primary N) is 1. The average Bonchev–Trinajstić information content (AvgIpc) is 3.74. The van der Waals surface area contributed by atoms with Gasteiger partial charge in [0.1, 0.15) is 5.82 Å². The van der Waals surface area contributed by atoms with Crippen LogP contribution >= 0.6 is 0 Å². The van der Waals surface area contributed by atoms with E-state index in [2.05, 4.69) is 72.3 Å². The summed E-state index contributed by atoms with van der Waals surface area (Å²) in [4.78, 5) is 14.7. The van der Waals surface area contributed by atoms with Gasteiger partial charge in [0.2, 0.25) is 0 Å². The van der Waals surface area contributed by atoms with Crippen LogP contribution in [0.15, 0.2) is 67.0 Å². The Morgan fingerprint density at radius 1 is 0.829 bits per heavy atom. The van der Waals surface area contributed by atoms with Crippen LogP contribution in [0.2, 0.25) is 0 Å². The van der Waals surface area contributed by atoms with Gasteiger partial charge in [0.15, 0.2) is 0 Å². The topological polar surface area (TPSA) is 58.3 Å². The van der Waals surface area contributed by atoms with Crippen molar-refractivity contribution in [2.45, 2.75) is 38.5 Å². The molecule has 4 aromatic rings. The lowest BCUT2D eigenvalue weighted by Crippen LogP contribution is -2.47. The molecule has 2 aromatic heterocycles. The van der Waals surface area contributed by atoms with Crippen LogP contribution in [-0.4, -0.2) is 36.1 Å². The summed E-state index contributed by atoms with van der Waals surface area (Å²) in [7, 11) is 0. The molecule has 5 heteroatoms. The summed E-state index contributed by atoms with van der Waals surface area (Å²) < 4.78 is 0. The van der Waals surface area contributed by atoms with Crippen molar-refractivity contribution in [2.24, 2.45) is 0 Å². The molecule has 1 aliphatic carbocycles. The molecule has 1 saturated carbocycles. The highest BCUT2D eigenvalue weighted by Gasteiger charge is 2.31. The molecule has 0 atom stereocenters. The summed E-state index contributed by atoms with van der Waals surface area (Å²) in [5, 5.41) is 1.30. The second-order valence-corrected chi connectivity index (χ2v) is 10.2. The third kappa shape index (κ3) is 4.20. The highest BCUT2D eigenvalue weighted by molar-refractivity contribution is 5.98. The molecule has 2 aromatic carbocycles. The summed E-state index contributed by atoms with van der Waals surface area (Å²) in [6, 6.07) is 19.1. The number of fused-ring (bicyclic) bond motifs is 1. The molecule has 178 valence electrons. The fraction of sp³-hybridized carbons (Fsp3) is 0.333. The van der Waals surface area contributed by atoms with E-state index < -0.39 is 0 Å². The summed E-state index contributed by atoms with van der Waals surface area (Å²) in [5.74, 6) is 2.23. The minimum Gasteiger partial charge on any atom is -0.399 e. The van der Waals surface area contributed by atoms with Gasteiger partial charge in [-0.25, -0.2) is 4.98 Å². The zero-order valence-corrected chi connectivity index (χ0v) is 20.6. The molecule has 1 aliphatic heterocycles. The number of aromatic nitrogens is 2. The van der Waals surface area contributed by atoms with E-state index >= 15 is 0 Å². The van der Waals surface area contributed by atoms with Crippen LogP contribution in [0.1, 0.15) is 49.7 Å². The highest BCUT2D eigenvalue weighted by Crippen LogP contribution is 2.48. The first-order valence-corrected chi connectivity index (χ1v) is 12.8. The molecule has 1 saturated heterocycles. The third-order valence-electron chi connectivity index (χ3n) is 7.51. The normalized spacial score (nSPS) is 16.3. The van der Waals surface area contributed by atoms with E-state index in [0.29, 0.717) is 11.8 Å². The first-order chi connectivity index (χ1) is 17.1. The number of anilines is 3. The Morgan fingerprint density at radius 2 is 1.57 bits per heavy atom. The lowest BCUT2D eigenvalue weighted by atomic mass is 9.96. The smallest absolute Gasteiger partial charge is 0.128 e. The number of hydrogen-bond acceptors (Lipinski definition) is 5. The lowest BCUT2D eigenvalue weighted by Gasteiger charge is -2.37. The minimum atomic E-state index is 0.509. The summed E-state index contributed by atoms with van der Waals surface area (Å²) >= 11 is 0. The van der Waals surface area contributed by atoms with Gasteiger partial charge in [-0.1, -0.05) is 50.2 Å². The van der Waals surface area contributed by atoms with Crippen molar-refractivity contribution >= 4 is 28.1 Å². The molecule has 0 bridgehead atoms. The number of piperazine rings is 1. The van der Waals surface area contributed by atoms with E-state index in [1.54, 1.807) is 0 Å². The Kier molecular flexibility index (Phi) is 5.56. The van der Waals surface area contributed by atoms with Crippen molar-refractivity contribution in [3.05, 3.63) is 78.1 Å². The van der Waals surface area contributed by atoms with Crippen LogP contribution in [0, 0.1) is 0 Å². The first-order valence-electron chi connectivity index (χ1n) is 12.8. The maximum Gasteiger partial charge on any atom is 0.128 e.